The standard InChI is InChI=1S/C17H18FN5O3S/c1-3-23-17(20-21-22-23)12-8-9-15(26-2)16(10-12)27(24,25)19-11-13-6-4-5-7-14(13)18/h4-10,19H,3,11H2,1-2H3. The number of nitrogens with zero attached hydrogens (tertiary/aromatic N) is 4. The number of aryl methyl sites for hydroxylation is 1. The minimum atomic E-state index is -3.97. The second kappa shape index (κ2) is 7.80. The molecular weight excluding hydrogens is 373 g/mol. The van der Waals surface area contributed by atoms with Gasteiger partial charge in [0.05, 0.1) is 7.11 Å². The SMILES string of the molecule is CCn1nnnc1-c1ccc(OC)c(S(=O)(=O)NCc2ccccc2F)c1. The molecule has 0 spiro atoms. The minimum absolute atomic E-state index is 0.0792. The molecule has 1 heterocycles. The second-order valence-corrected chi connectivity index (χ2v) is 7.34. The zero-order chi connectivity index (χ0) is 19.4. The Kier molecular flexibility index (Phi) is 5.47. The maximum Gasteiger partial charge on any atom is 0.244 e. The lowest BCUT2D eigenvalue weighted by Gasteiger charge is -2.12. The molecule has 0 bridgehead atoms. The Bertz CT molecular complexity index is 1050. The molecule has 2 aromatic carbocycles. The quantitative estimate of drug-likeness (QED) is 0.661. The average molecular weight is 391 g/mol. The molecule has 8 nitrogen and oxygen atoms in total. The molecule has 0 saturated carbocycles. The average Bonchev–Trinajstić information content (AvgIpc) is 3.15. The molecule has 0 aliphatic rings. The second-order valence-electron chi connectivity index (χ2n) is 5.60. The molecule has 10 heteroatoms. The number of rotatable bonds is 7. The summed E-state index contributed by atoms with van der Waals surface area (Å²) in [4.78, 5) is -0.0792. The molecule has 0 aliphatic carbocycles. The van der Waals surface area contributed by atoms with Crippen LogP contribution in [0.25, 0.3) is 11.4 Å². The number of hydrogen-bond acceptors (Lipinski definition) is 6. The number of benzene rings is 2. The number of aromatic nitrogens is 4. The van der Waals surface area contributed by atoms with E-state index in [2.05, 4.69) is 20.2 Å². The fourth-order valence-corrected chi connectivity index (χ4v) is 3.74. The van der Waals surface area contributed by atoms with Crippen LogP contribution in [0, 0.1) is 5.82 Å². The first-order valence-electron chi connectivity index (χ1n) is 8.14. The van der Waals surface area contributed by atoms with Gasteiger partial charge in [0.2, 0.25) is 10.0 Å². The van der Waals surface area contributed by atoms with Crippen LogP contribution in [-0.2, 0) is 23.1 Å². The van der Waals surface area contributed by atoms with E-state index in [-0.39, 0.29) is 22.8 Å². The molecular formula is C17H18FN5O3S. The molecule has 0 aliphatic heterocycles. The summed E-state index contributed by atoms with van der Waals surface area (Å²) in [5.41, 5.74) is 0.764. The van der Waals surface area contributed by atoms with Gasteiger partial charge in [-0.1, -0.05) is 18.2 Å². The van der Waals surface area contributed by atoms with Crippen molar-refractivity contribution in [1.82, 2.24) is 24.9 Å². The fourth-order valence-electron chi connectivity index (χ4n) is 2.54. The Morgan fingerprint density at radius 3 is 2.70 bits per heavy atom. The molecule has 0 saturated heterocycles. The van der Waals surface area contributed by atoms with Crippen LogP contribution >= 0.6 is 0 Å². The van der Waals surface area contributed by atoms with Gasteiger partial charge in [0.1, 0.15) is 16.5 Å². The van der Waals surface area contributed by atoms with E-state index in [4.69, 9.17) is 4.74 Å². The first-order chi connectivity index (χ1) is 13.0. The van der Waals surface area contributed by atoms with Crippen LogP contribution in [0.2, 0.25) is 0 Å². The van der Waals surface area contributed by atoms with Crippen molar-refractivity contribution in [3.8, 4) is 17.1 Å². The highest BCUT2D eigenvalue weighted by Crippen LogP contribution is 2.29. The maximum absolute atomic E-state index is 13.8. The fraction of sp³-hybridized carbons (Fsp3) is 0.235. The number of tetrazole rings is 1. The van der Waals surface area contributed by atoms with Gasteiger partial charge in [-0.2, -0.15) is 0 Å². The van der Waals surface area contributed by atoms with Gasteiger partial charge in [0, 0.05) is 24.2 Å². The topological polar surface area (TPSA) is 99.0 Å². The summed E-state index contributed by atoms with van der Waals surface area (Å²) in [6.45, 7) is 2.22. The lowest BCUT2D eigenvalue weighted by atomic mass is 10.2. The molecule has 0 unspecified atom stereocenters. The van der Waals surface area contributed by atoms with Gasteiger partial charge in [-0.15, -0.1) is 5.10 Å². The van der Waals surface area contributed by atoms with E-state index in [1.54, 1.807) is 16.8 Å². The van der Waals surface area contributed by atoms with Crippen molar-refractivity contribution in [3.05, 3.63) is 53.8 Å². The van der Waals surface area contributed by atoms with Gasteiger partial charge < -0.3 is 4.74 Å². The molecule has 0 radical (unpaired) electrons. The molecule has 3 aromatic rings. The Balaban J connectivity index is 1.96. The summed E-state index contributed by atoms with van der Waals surface area (Å²) in [6, 6.07) is 10.6. The number of ether oxygens (including phenoxy) is 1. The van der Waals surface area contributed by atoms with E-state index in [1.807, 2.05) is 6.92 Å². The highest BCUT2D eigenvalue weighted by atomic mass is 32.2. The number of methoxy groups -OCH3 is 1. The predicted molar refractivity (Wildman–Crippen MR) is 95.9 cm³/mol. The van der Waals surface area contributed by atoms with Crippen LogP contribution in [0.1, 0.15) is 12.5 Å². The first kappa shape index (κ1) is 18.9. The largest absolute Gasteiger partial charge is 0.495 e. The zero-order valence-corrected chi connectivity index (χ0v) is 15.6. The van der Waals surface area contributed by atoms with Crippen LogP contribution < -0.4 is 9.46 Å². The van der Waals surface area contributed by atoms with Crippen molar-refractivity contribution in [2.24, 2.45) is 0 Å². The van der Waals surface area contributed by atoms with Crippen molar-refractivity contribution >= 4 is 10.0 Å². The van der Waals surface area contributed by atoms with Crippen LogP contribution in [0.3, 0.4) is 0 Å². The Morgan fingerprint density at radius 2 is 2.00 bits per heavy atom. The van der Waals surface area contributed by atoms with Gasteiger partial charge in [-0.25, -0.2) is 22.2 Å². The van der Waals surface area contributed by atoms with Crippen LogP contribution in [-0.4, -0.2) is 35.7 Å². The third-order valence-corrected chi connectivity index (χ3v) is 5.38. The summed E-state index contributed by atoms with van der Waals surface area (Å²) in [6.07, 6.45) is 0. The van der Waals surface area contributed by atoms with E-state index < -0.39 is 15.8 Å². The Labute approximate surface area is 156 Å². The van der Waals surface area contributed by atoms with E-state index in [1.165, 1.54) is 37.4 Å². The molecule has 27 heavy (non-hydrogen) atoms. The highest BCUT2D eigenvalue weighted by molar-refractivity contribution is 7.89. The smallest absolute Gasteiger partial charge is 0.244 e. The van der Waals surface area contributed by atoms with Crippen molar-refractivity contribution in [1.29, 1.82) is 0 Å². The van der Waals surface area contributed by atoms with Crippen molar-refractivity contribution in [3.63, 3.8) is 0 Å². The third-order valence-electron chi connectivity index (χ3n) is 3.95. The van der Waals surface area contributed by atoms with Crippen LogP contribution in [0.4, 0.5) is 4.39 Å². The summed E-state index contributed by atoms with van der Waals surface area (Å²) in [5.74, 6) is 0.115. The maximum atomic E-state index is 13.8. The third kappa shape index (κ3) is 3.96. The van der Waals surface area contributed by atoms with Gasteiger partial charge in [-0.3, -0.25) is 0 Å². The molecule has 0 atom stereocenters. The van der Waals surface area contributed by atoms with E-state index in [9.17, 15) is 12.8 Å². The summed E-state index contributed by atoms with van der Waals surface area (Å²) in [5, 5.41) is 11.4. The number of hydrogen-bond donors (Lipinski definition) is 1. The van der Waals surface area contributed by atoms with Gasteiger partial charge in [0.25, 0.3) is 0 Å². The molecule has 142 valence electrons. The molecule has 1 N–H and O–H groups in total. The lowest BCUT2D eigenvalue weighted by Crippen LogP contribution is -2.24. The van der Waals surface area contributed by atoms with Gasteiger partial charge in [0.15, 0.2) is 5.82 Å². The normalized spacial score (nSPS) is 11.5. The van der Waals surface area contributed by atoms with Crippen LogP contribution in [0.5, 0.6) is 5.75 Å². The number of nitrogens with one attached hydrogen (secondary N) is 1. The number of halogens is 1. The minimum Gasteiger partial charge on any atom is -0.495 e. The Hall–Kier alpha value is -2.85. The van der Waals surface area contributed by atoms with Gasteiger partial charge in [-0.05, 0) is 41.6 Å². The summed E-state index contributed by atoms with van der Waals surface area (Å²) in [7, 11) is -2.59. The van der Waals surface area contributed by atoms with Crippen LogP contribution in [0.15, 0.2) is 47.4 Å². The van der Waals surface area contributed by atoms with E-state index in [0.29, 0.717) is 17.9 Å². The monoisotopic (exact) mass is 391 g/mol. The molecule has 1 aromatic heterocycles. The van der Waals surface area contributed by atoms with E-state index >= 15 is 0 Å². The van der Waals surface area contributed by atoms with E-state index in [0.717, 1.165) is 0 Å². The summed E-state index contributed by atoms with van der Waals surface area (Å²) >= 11 is 0. The van der Waals surface area contributed by atoms with Crippen molar-refractivity contribution < 1.29 is 17.5 Å². The van der Waals surface area contributed by atoms with Crippen molar-refractivity contribution in [2.45, 2.75) is 24.9 Å². The van der Waals surface area contributed by atoms with Crippen molar-refractivity contribution in [2.75, 3.05) is 7.11 Å². The first-order valence-corrected chi connectivity index (χ1v) is 9.62. The molecule has 0 amide bonds. The highest BCUT2D eigenvalue weighted by Gasteiger charge is 2.22. The Morgan fingerprint density at radius 1 is 1.22 bits per heavy atom. The zero-order valence-electron chi connectivity index (χ0n) is 14.8. The predicted octanol–water partition coefficient (Wildman–Crippen LogP) is 1.99. The summed E-state index contributed by atoms with van der Waals surface area (Å²) < 4.78 is 48.5. The lowest BCUT2D eigenvalue weighted by molar-refractivity contribution is 0.402. The molecule has 3 rings (SSSR count). The molecule has 0 fully saturated rings. The number of sulfonamides is 1. The van der Waals surface area contributed by atoms with Gasteiger partial charge >= 0.3 is 0 Å².